The van der Waals surface area contributed by atoms with E-state index in [9.17, 15) is 29.6 Å². The van der Waals surface area contributed by atoms with Crippen LogP contribution >= 0.6 is 0 Å². The highest BCUT2D eigenvalue weighted by atomic mass is 16.6. The third-order valence-corrected chi connectivity index (χ3v) is 3.96. The van der Waals surface area contributed by atoms with Crippen LogP contribution in [0.15, 0.2) is 52.8 Å². The van der Waals surface area contributed by atoms with E-state index in [0.29, 0.717) is 5.56 Å². The number of nitro groups is 1. The van der Waals surface area contributed by atoms with Crippen LogP contribution in [0, 0.1) is 16.0 Å². The Labute approximate surface area is 171 Å². The van der Waals surface area contributed by atoms with Crippen LogP contribution in [0.1, 0.15) is 36.4 Å². The minimum Gasteiger partial charge on any atom is -0.480 e. The smallest absolute Gasteiger partial charge is 0.326 e. The Kier molecular flexibility index (Phi) is 7.45. The number of carbonyl (C=O) groups is 3. The van der Waals surface area contributed by atoms with Crippen molar-refractivity contribution in [3.8, 4) is 0 Å². The number of benzene rings is 1. The van der Waals surface area contributed by atoms with Gasteiger partial charge in [0.05, 0.1) is 11.2 Å². The van der Waals surface area contributed by atoms with Gasteiger partial charge in [0.1, 0.15) is 11.7 Å². The van der Waals surface area contributed by atoms with Gasteiger partial charge < -0.3 is 20.2 Å². The molecule has 10 heteroatoms. The molecule has 2 amide bonds. The molecule has 10 nitrogen and oxygen atoms in total. The number of carbonyl (C=O) groups excluding carboxylic acids is 2. The van der Waals surface area contributed by atoms with E-state index < -0.39 is 28.7 Å². The van der Waals surface area contributed by atoms with Gasteiger partial charge >= 0.3 is 5.97 Å². The molecule has 0 saturated heterocycles. The monoisotopic (exact) mass is 415 g/mol. The molecule has 0 spiro atoms. The van der Waals surface area contributed by atoms with Crippen LogP contribution < -0.4 is 10.6 Å². The van der Waals surface area contributed by atoms with E-state index in [0.717, 1.165) is 0 Å². The molecule has 0 saturated carbocycles. The summed E-state index contributed by atoms with van der Waals surface area (Å²) in [5, 5.41) is 24.9. The fourth-order valence-electron chi connectivity index (χ4n) is 2.54. The first kappa shape index (κ1) is 22.3. The minimum atomic E-state index is -1.20. The first-order valence-corrected chi connectivity index (χ1v) is 9.02. The van der Waals surface area contributed by atoms with E-state index in [4.69, 9.17) is 4.42 Å². The maximum Gasteiger partial charge on any atom is 0.326 e. The number of carboxylic acid groups (broad SMARTS) is 1. The first-order valence-electron chi connectivity index (χ1n) is 9.02. The van der Waals surface area contributed by atoms with Crippen LogP contribution in [-0.2, 0) is 9.59 Å². The lowest BCUT2D eigenvalue weighted by Gasteiger charge is -2.18. The lowest BCUT2D eigenvalue weighted by atomic mass is 10.0. The fourth-order valence-corrected chi connectivity index (χ4v) is 2.54. The topological polar surface area (TPSA) is 152 Å². The zero-order valence-electron chi connectivity index (χ0n) is 16.3. The van der Waals surface area contributed by atoms with Crippen molar-refractivity contribution in [2.24, 2.45) is 5.92 Å². The van der Waals surface area contributed by atoms with Gasteiger partial charge in [0.25, 0.3) is 17.5 Å². The van der Waals surface area contributed by atoms with Crippen LogP contribution in [0.2, 0.25) is 0 Å². The SMILES string of the molecule is CC(C)CC(NC(=O)/C(=C\c1ccc([N+](=O)[O-])cc1)NC(=O)c1ccco1)C(=O)O. The van der Waals surface area contributed by atoms with Crippen molar-refractivity contribution in [1.82, 2.24) is 10.6 Å². The maximum atomic E-state index is 12.7. The standard InChI is InChI=1S/C20H21N3O7/c1-12(2)10-16(20(26)27)22-18(24)15(21-19(25)17-4-3-9-30-17)11-13-5-7-14(8-6-13)23(28)29/h3-9,11-12,16H,10H2,1-2H3,(H,21,25)(H,22,24)(H,26,27)/b15-11+. The number of hydrogen-bond donors (Lipinski definition) is 3. The summed E-state index contributed by atoms with van der Waals surface area (Å²) in [6, 6.07) is 7.02. The van der Waals surface area contributed by atoms with Crippen LogP contribution in [0.5, 0.6) is 0 Å². The summed E-state index contributed by atoms with van der Waals surface area (Å²) in [7, 11) is 0. The van der Waals surface area contributed by atoms with Crippen molar-refractivity contribution in [2.75, 3.05) is 0 Å². The predicted molar refractivity (Wildman–Crippen MR) is 106 cm³/mol. The van der Waals surface area contributed by atoms with Gasteiger partial charge in [-0.25, -0.2) is 4.79 Å². The molecule has 1 atom stereocenters. The average Bonchev–Trinajstić information content (AvgIpc) is 3.21. The second-order valence-corrected chi connectivity index (χ2v) is 6.83. The molecule has 30 heavy (non-hydrogen) atoms. The molecular weight excluding hydrogens is 394 g/mol. The van der Waals surface area contributed by atoms with E-state index in [1.54, 1.807) is 0 Å². The van der Waals surface area contributed by atoms with Crippen molar-refractivity contribution in [3.63, 3.8) is 0 Å². The Hall–Kier alpha value is -3.95. The molecular formula is C20H21N3O7. The van der Waals surface area contributed by atoms with Crippen molar-refractivity contribution in [1.29, 1.82) is 0 Å². The second kappa shape index (κ2) is 10.0. The predicted octanol–water partition coefficient (Wildman–Crippen LogP) is 2.57. The number of amides is 2. The van der Waals surface area contributed by atoms with E-state index in [1.165, 1.54) is 48.7 Å². The number of aliphatic carboxylic acids is 1. The summed E-state index contributed by atoms with van der Waals surface area (Å²) >= 11 is 0. The Morgan fingerprint density at radius 3 is 2.37 bits per heavy atom. The molecule has 1 aromatic carbocycles. The molecule has 1 aromatic heterocycles. The van der Waals surface area contributed by atoms with Crippen LogP contribution in [-0.4, -0.2) is 33.9 Å². The Balaban J connectivity index is 2.31. The maximum absolute atomic E-state index is 12.7. The number of non-ortho nitro benzene ring substituents is 1. The van der Waals surface area contributed by atoms with Gasteiger partial charge in [-0.3, -0.25) is 19.7 Å². The van der Waals surface area contributed by atoms with E-state index in [2.05, 4.69) is 10.6 Å². The van der Waals surface area contributed by atoms with Crippen molar-refractivity contribution in [2.45, 2.75) is 26.3 Å². The summed E-state index contributed by atoms with van der Waals surface area (Å²) in [5.74, 6) is -2.77. The summed E-state index contributed by atoms with van der Waals surface area (Å²) in [4.78, 5) is 46.7. The van der Waals surface area contributed by atoms with E-state index in [1.807, 2.05) is 13.8 Å². The van der Waals surface area contributed by atoms with Crippen LogP contribution in [0.25, 0.3) is 6.08 Å². The summed E-state index contributed by atoms with van der Waals surface area (Å²) in [6.07, 6.45) is 2.77. The molecule has 158 valence electrons. The Morgan fingerprint density at radius 2 is 1.87 bits per heavy atom. The first-order chi connectivity index (χ1) is 14.2. The molecule has 3 N–H and O–H groups in total. The van der Waals surface area contributed by atoms with Crippen LogP contribution in [0.3, 0.4) is 0 Å². The highest BCUT2D eigenvalue weighted by Gasteiger charge is 2.24. The largest absolute Gasteiger partial charge is 0.480 e. The van der Waals surface area contributed by atoms with Crippen LogP contribution in [0.4, 0.5) is 5.69 Å². The molecule has 0 aliphatic carbocycles. The van der Waals surface area contributed by atoms with Crippen molar-refractivity contribution < 1.29 is 28.8 Å². The third-order valence-electron chi connectivity index (χ3n) is 3.96. The molecule has 1 heterocycles. The second-order valence-electron chi connectivity index (χ2n) is 6.83. The lowest BCUT2D eigenvalue weighted by Crippen LogP contribution is -2.44. The number of nitrogens with zero attached hydrogens (tertiary/aromatic N) is 1. The van der Waals surface area contributed by atoms with Gasteiger partial charge in [-0.05, 0) is 48.2 Å². The highest BCUT2D eigenvalue weighted by molar-refractivity contribution is 6.05. The summed E-state index contributed by atoms with van der Waals surface area (Å²) in [6.45, 7) is 3.63. The summed E-state index contributed by atoms with van der Waals surface area (Å²) in [5.41, 5.74) is 0.0159. The van der Waals surface area contributed by atoms with E-state index in [-0.39, 0.29) is 29.5 Å². The number of nitro benzene ring substituents is 1. The molecule has 1 unspecified atom stereocenters. The van der Waals surface area contributed by atoms with Gasteiger partial charge in [-0.2, -0.15) is 0 Å². The molecule has 0 fully saturated rings. The molecule has 0 aliphatic heterocycles. The van der Waals surface area contributed by atoms with Gasteiger partial charge in [0.15, 0.2) is 5.76 Å². The van der Waals surface area contributed by atoms with Gasteiger partial charge in [-0.1, -0.05) is 13.8 Å². The van der Waals surface area contributed by atoms with Gasteiger partial charge in [0, 0.05) is 12.1 Å². The molecule has 0 aliphatic rings. The highest BCUT2D eigenvalue weighted by Crippen LogP contribution is 2.15. The number of furan rings is 1. The third kappa shape index (κ3) is 6.30. The zero-order chi connectivity index (χ0) is 22.3. The quantitative estimate of drug-likeness (QED) is 0.323. The zero-order valence-corrected chi connectivity index (χ0v) is 16.3. The minimum absolute atomic E-state index is 0.00575. The molecule has 2 aromatic rings. The normalized spacial score (nSPS) is 12.3. The van der Waals surface area contributed by atoms with Crippen molar-refractivity contribution in [3.05, 3.63) is 69.8 Å². The van der Waals surface area contributed by atoms with Gasteiger partial charge in [-0.15, -0.1) is 0 Å². The van der Waals surface area contributed by atoms with Gasteiger partial charge in [0.2, 0.25) is 0 Å². The summed E-state index contributed by atoms with van der Waals surface area (Å²) < 4.78 is 5.00. The number of nitrogens with one attached hydrogen (secondary N) is 2. The Morgan fingerprint density at radius 1 is 1.20 bits per heavy atom. The average molecular weight is 415 g/mol. The van der Waals surface area contributed by atoms with Crippen molar-refractivity contribution >= 4 is 29.5 Å². The number of rotatable bonds is 9. The molecule has 0 bridgehead atoms. The molecule has 2 rings (SSSR count). The van der Waals surface area contributed by atoms with E-state index >= 15 is 0 Å². The number of hydrogen-bond acceptors (Lipinski definition) is 6. The number of carboxylic acids is 1. The molecule has 0 radical (unpaired) electrons. The fraction of sp³-hybridized carbons (Fsp3) is 0.250. The Bertz CT molecular complexity index is 947. The lowest BCUT2D eigenvalue weighted by molar-refractivity contribution is -0.384.